The quantitative estimate of drug-likeness (QED) is 0.899. The van der Waals surface area contributed by atoms with Crippen LogP contribution in [0.1, 0.15) is 24.4 Å². The van der Waals surface area contributed by atoms with Gasteiger partial charge in [0.25, 0.3) is 0 Å². The van der Waals surface area contributed by atoms with Crippen LogP contribution in [0.4, 0.5) is 4.39 Å². The lowest BCUT2D eigenvalue weighted by Crippen LogP contribution is -2.13. The van der Waals surface area contributed by atoms with Gasteiger partial charge in [-0.15, -0.1) is 0 Å². The Bertz CT molecular complexity index is 519. The van der Waals surface area contributed by atoms with Crippen molar-refractivity contribution >= 4 is 0 Å². The van der Waals surface area contributed by atoms with E-state index < -0.39 is 11.9 Å². The van der Waals surface area contributed by atoms with Gasteiger partial charge in [0.05, 0.1) is 5.69 Å². The molecule has 94 valence electrons. The van der Waals surface area contributed by atoms with E-state index in [-0.39, 0.29) is 17.9 Å². The van der Waals surface area contributed by atoms with Gasteiger partial charge in [-0.05, 0) is 19.1 Å². The first-order chi connectivity index (χ1) is 8.72. The van der Waals surface area contributed by atoms with E-state index in [9.17, 15) is 4.39 Å². The molecule has 1 heterocycles. The molecule has 0 spiro atoms. The Balaban J connectivity index is 2.21. The molecule has 2 aromatic rings. The van der Waals surface area contributed by atoms with Gasteiger partial charge < -0.3 is 10.5 Å². The lowest BCUT2D eigenvalue weighted by atomic mass is 10.2. The highest BCUT2D eigenvalue weighted by atomic mass is 19.1. The van der Waals surface area contributed by atoms with Gasteiger partial charge in [-0.2, -0.15) is 0 Å². The minimum absolute atomic E-state index is 0.0411. The fraction of sp³-hybridized carbons (Fsp3) is 0.231. The number of benzene rings is 1. The van der Waals surface area contributed by atoms with Crippen molar-refractivity contribution in [2.24, 2.45) is 5.73 Å². The van der Waals surface area contributed by atoms with Crippen LogP contribution >= 0.6 is 0 Å². The maximum atomic E-state index is 13.9. The van der Waals surface area contributed by atoms with Crippen LogP contribution in [0.2, 0.25) is 0 Å². The van der Waals surface area contributed by atoms with Gasteiger partial charge in [-0.3, -0.25) is 0 Å². The van der Waals surface area contributed by atoms with Gasteiger partial charge in [0.1, 0.15) is 23.9 Å². The number of para-hydroxylation sites is 1. The summed E-state index contributed by atoms with van der Waals surface area (Å²) in [6.07, 6.45) is 0.798. The van der Waals surface area contributed by atoms with E-state index in [1.165, 1.54) is 6.33 Å². The molecule has 0 aliphatic carbocycles. The van der Waals surface area contributed by atoms with Crippen molar-refractivity contribution in [3.63, 3.8) is 0 Å². The van der Waals surface area contributed by atoms with Gasteiger partial charge in [0.2, 0.25) is 0 Å². The van der Waals surface area contributed by atoms with Gasteiger partial charge in [-0.1, -0.05) is 18.2 Å². The summed E-state index contributed by atoms with van der Waals surface area (Å²) >= 11 is 0. The first kappa shape index (κ1) is 12.4. The van der Waals surface area contributed by atoms with Gasteiger partial charge in [-0.25, -0.2) is 14.4 Å². The van der Waals surface area contributed by atoms with E-state index in [1.54, 1.807) is 19.1 Å². The van der Waals surface area contributed by atoms with Gasteiger partial charge in [0.15, 0.2) is 5.82 Å². The molecule has 0 saturated heterocycles. The molecule has 1 aromatic heterocycles. The number of halogens is 1. The first-order valence-corrected chi connectivity index (χ1v) is 5.63. The van der Waals surface area contributed by atoms with Crippen LogP contribution in [0.5, 0.6) is 5.75 Å². The molecule has 1 unspecified atom stereocenters. The molecule has 1 aromatic carbocycles. The molecule has 0 fully saturated rings. The van der Waals surface area contributed by atoms with E-state index in [0.29, 0.717) is 5.75 Å². The van der Waals surface area contributed by atoms with Crippen molar-refractivity contribution in [3.05, 3.63) is 53.9 Å². The van der Waals surface area contributed by atoms with Crippen molar-refractivity contribution in [2.75, 3.05) is 0 Å². The smallest absolute Gasteiger partial charge is 0.171 e. The second-order valence-electron chi connectivity index (χ2n) is 3.80. The summed E-state index contributed by atoms with van der Waals surface area (Å²) in [5.74, 6) is 0.167. The maximum absolute atomic E-state index is 13.9. The zero-order valence-electron chi connectivity index (χ0n) is 10.0. The fourth-order valence-corrected chi connectivity index (χ4v) is 1.61. The van der Waals surface area contributed by atoms with Crippen LogP contribution in [-0.2, 0) is 6.54 Å². The van der Waals surface area contributed by atoms with E-state index in [0.717, 1.165) is 0 Å². The highest BCUT2D eigenvalue weighted by molar-refractivity contribution is 5.23. The Hall–Kier alpha value is -2.01. The Morgan fingerprint density at radius 3 is 2.67 bits per heavy atom. The molecule has 2 N–H and O–H groups in total. The number of aromatic nitrogens is 2. The lowest BCUT2D eigenvalue weighted by molar-refractivity contribution is 0.215. The number of hydrogen-bond donors (Lipinski definition) is 1. The number of rotatable bonds is 4. The third-order valence-electron chi connectivity index (χ3n) is 2.52. The molecule has 1 atom stereocenters. The van der Waals surface area contributed by atoms with Gasteiger partial charge in [0, 0.05) is 6.54 Å². The van der Waals surface area contributed by atoms with E-state index in [4.69, 9.17) is 10.5 Å². The van der Waals surface area contributed by atoms with E-state index in [1.807, 2.05) is 18.2 Å². The third kappa shape index (κ3) is 2.62. The summed E-state index contributed by atoms with van der Waals surface area (Å²) < 4.78 is 19.6. The third-order valence-corrected chi connectivity index (χ3v) is 2.52. The summed E-state index contributed by atoms with van der Waals surface area (Å²) in [6, 6.07) is 9.20. The van der Waals surface area contributed by atoms with Crippen LogP contribution in [-0.4, -0.2) is 9.97 Å². The predicted molar refractivity (Wildman–Crippen MR) is 65.4 cm³/mol. The first-order valence-electron chi connectivity index (χ1n) is 5.63. The predicted octanol–water partition coefficient (Wildman–Crippen LogP) is 2.21. The maximum Gasteiger partial charge on any atom is 0.171 e. The summed E-state index contributed by atoms with van der Waals surface area (Å²) in [7, 11) is 0. The zero-order valence-corrected chi connectivity index (χ0v) is 10.0. The van der Waals surface area contributed by atoms with Crippen LogP contribution < -0.4 is 10.5 Å². The van der Waals surface area contributed by atoms with Crippen molar-refractivity contribution in [1.82, 2.24) is 9.97 Å². The van der Waals surface area contributed by atoms with Crippen molar-refractivity contribution in [2.45, 2.75) is 19.6 Å². The average Bonchev–Trinajstić information content (AvgIpc) is 2.40. The minimum Gasteiger partial charge on any atom is -0.484 e. The summed E-state index contributed by atoms with van der Waals surface area (Å²) in [5, 5.41) is 0. The molecular weight excluding hydrogens is 233 g/mol. The Morgan fingerprint density at radius 2 is 2.00 bits per heavy atom. The second-order valence-corrected chi connectivity index (χ2v) is 3.80. The lowest BCUT2D eigenvalue weighted by Gasteiger charge is -2.15. The summed E-state index contributed by atoms with van der Waals surface area (Å²) in [5.41, 5.74) is 5.82. The van der Waals surface area contributed by atoms with Crippen LogP contribution in [0.25, 0.3) is 0 Å². The Kier molecular flexibility index (Phi) is 3.84. The molecule has 5 heteroatoms. The molecule has 18 heavy (non-hydrogen) atoms. The molecule has 0 radical (unpaired) electrons. The van der Waals surface area contributed by atoms with Crippen molar-refractivity contribution < 1.29 is 9.13 Å². The molecule has 0 amide bonds. The highest BCUT2D eigenvalue weighted by Crippen LogP contribution is 2.22. The standard InChI is InChI=1S/C13H14FN3O/c1-9(18-10-5-3-2-4-6-10)13-12(14)11(7-15)16-8-17-13/h2-6,8-9H,7,15H2,1H3. The zero-order chi connectivity index (χ0) is 13.0. The average molecular weight is 247 g/mol. The number of nitrogens with zero attached hydrogens (tertiary/aromatic N) is 2. The largest absolute Gasteiger partial charge is 0.484 e. The van der Waals surface area contributed by atoms with E-state index >= 15 is 0 Å². The van der Waals surface area contributed by atoms with Crippen LogP contribution in [0.15, 0.2) is 36.7 Å². The molecule has 2 rings (SSSR count). The fourth-order valence-electron chi connectivity index (χ4n) is 1.61. The molecule has 4 nitrogen and oxygen atoms in total. The molecule has 0 bridgehead atoms. The normalized spacial score (nSPS) is 12.2. The van der Waals surface area contributed by atoms with Gasteiger partial charge >= 0.3 is 0 Å². The highest BCUT2D eigenvalue weighted by Gasteiger charge is 2.17. The number of hydrogen-bond acceptors (Lipinski definition) is 4. The van der Waals surface area contributed by atoms with Crippen molar-refractivity contribution in [3.8, 4) is 5.75 Å². The van der Waals surface area contributed by atoms with E-state index in [2.05, 4.69) is 9.97 Å². The minimum atomic E-state index is -0.499. The van der Waals surface area contributed by atoms with Crippen LogP contribution in [0, 0.1) is 5.82 Å². The van der Waals surface area contributed by atoms with Crippen molar-refractivity contribution in [1.29, 1.82) is 0 Å². The Morgan fingerprint density at radius 1 is 1.28 bits per heavy atom. The Labute approximate surface area is 105 Å². The molecular formula is C13H14FN3O. The molecule has 0 aliphatic heterocycles. The molecule has 0 saturated carbocycles. The SMILES string of the molecule is CC(Oc1ccccc1)c1ncnc(CN)c1F. The van der Waals surface area contributed by atoms with Crippen LogP contribution in [0.3, 0.4) is 0 Å². The summed E-state index contributed by atoms with van der Waals surface area (Å²) in [4.78, 5) is 7.70. The summed E-state index contributed by atoms with van der Waals surface area (Å²) in [6.45, 7) is 1.78. The topological polar surface area (TPSA) is 61.0 Å². The number of ether oxygens (including phenoxy) is 1. The monoisotopic (exact) mass is 247 g/mol. The second kappa shape index (κ2) is 5.55. The molecule has 0 aliphatic rings. The number of nitrogens with two attached hydrogens (primary N) is 1.